The minimum atomic E-state index is -0.596. The predicted molar refractivity (Wildman–Crippen MR) is 115 cm³/mol. The monoisotopic (exact) mass is 430 g/mol. The number of ether oxygens (including phenoxy) is 3. The van der Waals surface area contributed by atoms with Crippen LogP contribution >= 0.6 is 0 Å². The van der Waals surface area contributed by atoms with Gasteiger partial charge in [-0.3, -0.25) is 4.79 Å². The van der Waals surface area contributed by atoms with Gasteiger partial charge in [0.05, 0.1) is 21.3 Å². The van der Waals surface area contributed by atoms with Gasteiger partial charge in [-0.15, -0.1) is 0 Å². The molecule has 0 amide bonds. The minimum absolute atomic E-state index is 0.0112. The predicted octanol–water partition coefficient (Wildman–Crippen LogP) is 3.46. The highest BCUT2D eigenvalue weighted by Crippen LogP contribution is 2.43. The first-order valence-electron chi connectivity index (χ1n) is 9.78. The molecule has 3 rings (SSSR count). The standard InChI is InChI=1S/C23H26O8/c1-12(11-24)5-6-13-9-14(7-8-16(13)28-2)21-23(30-4)20(27)18-17(31-21)10-15(25)22(29-3)19(18)26/h7-10,12,24-26H,5-6,11H2,1-4H3. The highest BCUT2D eigenvalue weighted by atomic mass is 16.5. The summed E-state index contributed by atoms with van der Waals surface area (Å²) < 4.78 is 21.6. The average Bonchev–Trinajstić information content (AvgIpc) is 2.76. The largest absolute Gasteiger partial charge is 0.504 e. The first kappa shape index (κ1) is 22.3. The molecule has 0 bridgehead atoms. The highest BCUT2D eigenvalue weighted by molar-refractivity contribution is 5.91. The van der Waals surface area contributed by atoms with Crippen LogP contribution in [0.15, 0.2) is 33.5 Å². The number of rotatable bonds is 8. The summed E-state index contributed by atoms with van der Waals surface area (Å²) in [5.74, 6) is -0.235. The molecule has 1 unspecified atom stereocenters. The lowest BCUT2D eigenvalue weighted by Crippen LogP contribution is -2.08. The summed E-state index contributed by atoms with van der Waals surface area (Å²) in [5, 5.41) is 29.7. The molecule has 1 heterocycles. The van der Waals surface area contributed by atoms with Crippen molar-refractivity contribution in [3.05, 3.63) is 40.1 Å². The van der Waals surface area contributed by atoms with Gasteiger partial charge in [-0.05, 0) is 42.5 Å². The van der Waals surface area contributed by atoms with Gasteiger partial charge in [0, 0.05) is 18.2 Å². The molecule has 0 saturated heterocycles. The maximum atomic E-state index is 13.1. The molecule has 0 aliphatic heterocycles. The van der Waals surface area contributed by atoms with Crippen molar-refractivity contribution in [2.24, 2.45) is 5.92 Å². The van der Waals surface area contributed by atoms with E-state index in [-0.39, 0.29) is 46.5 Å². The summed E-state index contributed by atoms with van der Waals surface area (Å²) in [6.45, 7) is 2.04. The number of phenols is 2. The fraction of sp³-hybridized carbons (Fsp3) is 0.348. The molecule has 1 aromatic heterocycles. The number of benzene rings is 2. The number of hydrogen-bond donors (Lipinski definition) is 3. The highest BCUT2D eigenvalue weighted by Gasteiger charge is 2.24. The van der Waals surface area contributed by atoms with Crippen LogP contribution in [0, 0.1) is 5.92 Å². The van der Waals surface area contributed by atoms with E-state index in [9.17, 15) is 20.1 Å². The Morgan fingerprint density at radius 1 is 1.03 bits per heavy atom. The lowest BCUT2D eigenvalue weighted by molar-refractivity contribution is 0.230. The summed E-state index contributed by atoms with van der Waals surface area (Å²) in [6.07, 6.45) is 1.40. The number of phenolic OH excluding ortho intramolecular Hbond substituents is 2. The van der Waals surface area contributed by atoms with Crippen molar-refractivity contribution in [3.8, 4) is 40.1 Å². The molecule has 0 radical (unpaired) electrons. The molecule has 2 aromatic carbocycles. The molecule has 0 aliphatic carbocycles. The summed E-state index contributed by atoms with van der Waals surface area (Å²) in [7, 11) is 4.18. The topological polar surface area (TPSA) is 119 Å². The van der Waals surface area contributed by atoms with Gasteiger partial charge in [0.25, 0.3) is 0 Å². The van der Waals surface area contributed by atoms with Crippen LogP contribution in [-0.2, 0) is 6.42 Å². The van der Waals surface area contributed by atoms with Gasteiger partial charge in [-0.25, -0.2) is 0 Å². The first-order valence-corrected chi connectivity index (χ1v) is 9.78. The zero-order valence-corrected chi connectivity index (χ0v) is 17.9. The SMILES string of the molecule is COc1ccc(-c2oc3cc(O)c(OC)c(O)c3c(=O)c2OC)cc1CCC(C)CO. The Morgan fingerprint density at radius 3 is 2.35 bits per heavy atom. The summed E-state index contributed by atoms with van der Waals surface area (Å²) in [5.41, 5.74) is 0.840. The first-order chi connectivity index (χ1) is 14.9. The molecule has 8 heteroatoms. The number of fused-ring (bicyclic) bond motifs is 1. The minimum Gasteiger partial charge on any atom is -0.504 e. The lowest BCUT2D eigenvalue weighted by atomic mass is 9.98. The molecular formula is C23H26O8. The van der Waals surface area contributed by atoms with Crippen molar-refractivity contribution in [1.29, 1.82) is 0 Å². The smallest absolute Gasteiger partial charge is 0.239 e. The van der Waals surface area contributed by atoms with E-state index in [0.29, 0.717) is 17.7 Å². The molecule has 166 valence electrons. The number of methoxy groups -OCH3 is 3. The molecule has 8 nitrogen and oxygen atoms in total. The summed E-state index contributed by atoms with van der Waals surface area (Å²) in [4.78, 5) is 13.1. The second-order valence-electron chi connectivity index (χ2n) is 7.30. The molecule has 3 aromatic rings. The molecule has 0 saturated carbocycles. The normalized spacial score (nSPS) is 12.0. The maximum absolute atomic E-state index is 13.1. The zero-order valence-electron chi connectivity index (χ0n) is 17.9. The fourth-order valence-electron chi connectivity index (χ4n) is 3.47. The number of hydrogen-bond acceptors (Lipinski definition) is 8. The second-order valence-corrected chi connectivity index (χ2v) is 7.30. The van der Waals surface area contributed by atoms with Crippen LogP contribution in [0.4, 0.5) is 0 Å². The summed E-state index contributed by atoms with van der Waals surface area (Å²) in [6, 6.07) is 6.54. The molecule has 3 N–H and O–H groups in total. The second kappa shape index (κ2) is 9.18. The zero-order chi connectivity index (χ0) is 22.7. The Kier molecular flexibility index (Phi) is 6.60. The summed E-state index contributed by atoms with van der Waals surface area (Å²) >= 11 is 0. The van der Waals surface area contributed by atoms with E-state index in [1.165, 1.54) is 20.3 Å². The van der Waals surface area contributed by atoms with Crippen molar-refractivity contribution in [3.63, 3.8) is 0 Å². The third-order valence-electron chi connectivity index (χ3n) is 5.22. The maximum Gasteiger partial charge on any atom is 0.239 e. The van der Waals surface area contributed by atoms with Crippen LogP contribution in [0.25, 0.3) is 22.3 Å². The number of aromatic hydroxyl groups is 2. The van der Waals surface area contributed by atoms with Gasteiger partial charge in [-0.2, -0.15) is 0 Å². The van der Waals surface area contributed by atoms with Crippen LogP contribution in [0.2, 0.25) is 0 Å². The molecule has 1 atom stereocenters. The Balaban J connectivity index is 2.21. The van der Waals surface area contributed by atoms with Crippen molar-refractivity contribution < 1.29 is 33.9 Å². The van der Waals surface area contributed by atoms with E-state index in [2.05, 4.69) is 0 Å². The van der Waals surface area contributed by atoms with E-state index >= 15 is 0 Å². The number of aliphatic hydroxyl groups excluding tert-OH is 1. The molecular weight excluding hydrogens is 404 g/mol. The molecule has 0 aliphatic rings. The van der Waals surface area contributed by atoms with Crippen LogP contribution in [0.1, 0.15) is 18.9 Å². The van der Waals surface area contributed by atoms with Gasteiger partial charge in [-0.1, -0.05) is 6.92 Å². The Labute approximate surface area is 179 Å². The molecule has 0 fully saturated rings. The van der Waals surface area contributed by atoms with Crippen LogP contribution in [-0.4, -0.2) is 43.3 Å². The Hall–Kier alpha value is -3.39. The van der Waals surface area contributed by atoms with Crippen molar-refractivity contribution in [2.75, 3.05) is 27.9 Å². The fourth-order valence-corrected chi connectivity index (χ4v) is 3.47. The van der Waals surface area contributed by atoms with Crippen molar-refractivity contribution in [1.82, 2.24) is 0 Å². The average molecular weight is 430 g/mol. The van der Waals surface area contributed by atoms with E-state index in [1.54, 1.807) is 19.2 Å². The van der Waals surface area contributed by atoms with E-state index in [0.717, 1.165) is 12.0 Å². The van der Waals surface area contributed by atoms with Gasteiger partial charge >= 0.3 is 0 Å². The Bertz CT molecular complexity index is 1150. The molecule has 31 heavy (non-hydrogen) atoms. The van der Waals surface area contributed by atoms with Crippen molar-refractivity contribution >= 4 is 11.0 Å². The Morgan fingerprint density at radius 2 is 1.74 bits per heavy atom. The van der Waals surface area contributed by atoms with Crippen LogP contribution in [0.3, 0.4) is 0 Å². The third kappa shape index (κ3) is 4.11. The van der Waals surface area contributed by atoms with Gasteiger partial charge in [0.1, 0.15) is 16.7 Å². The van der Waals surface area contributed by atoms with Gasteiger partial charge in [0.15, 0.2) is 17.3 Å². The van der Waals surface area contributed by atoms with Gasteiger partial charge < -0.3 is 33.9 Å². The third-order valence-corrected chi connectivity index (χ3v) is 5.22. The van der Waals surface area contributed by atoms with E-state index in [1.807, 2.05) is 13.0 Å². The van der Waals surface area contributed by atoms with Crippen molar-refractivity contribution in [2.45, 2.75) is 19.8 Å². The lowest BCUT2D eigenvalue weighted by Gasteiger charge is -2.15. The van der Waals surface area contributed by atoms with Crippen LogP contribution < -0.4 is 19.6 Å². The number of aliphatic hydroxyl groups is 1. The number of aryl methyl sites for hydroxylation is 1. The molecule has 0 spiro atoms. The van der Waals surface area contributed by atoms with E-state index in [4.69, 9.17) is 18.6 Å². The van der Waals surface area contributed by atoms with Crippen LogP contribution in [0.5, 0.6) is 28.7 Å². The van der Waals surface area contributed by atoms with E-state index < -0.39 is 11.2 Å². The van der Waals surface area contributed by atoms with Gasteiger partial charge in [0.2, 0.25) is 16.9 Å². The quantitative estimate of drug-likeness (QED) is 0.497.